The Kier molecular flexibility index (Phi) is 9.83. The molecule has 2 aromatic heterocycles. The monoisotopic (exact) mass is 641 g/mol. The van der Waals surface area contributed by atoms with Crippen molar-refractivity contribution in [3.63, 3.8) is 0 Å². The fraction of sp³-hybridized carbons (Fsp3) is 0.382. The first-order valence-corrected chi connectivity index (χ1v) is 15.7. The largest absolute Gasteiger partial charge is 0.443 e. The molecule has 13 nitrogen and oxygen atoms in total. The average Bonchev–Trinajstić information content (AvgIpc) is 3.44. The zero-order valence-electron chi connectivity index (χ0n) is 27.0. The summed E-state index contributed by atoms with van der Waals surface area (Å²) in [5, 5.41) is 17.0. The second-order valence-corrected chi connectivity index (χ2v) is 12.1. The summed E-state index contributed by atoms with van der Waals surface area (Å²) in [7, 11) is 0. The molecule has 5 rings (SSSR count). The van der Waals surface area contributed by atoms with Crippen molar-refractivity contribution in [1.29, 1.82) is 0 Å². The number of amides is 4. The number of rotatable bonds is 4. The van der Waals surface area contributed by atoms with Crippen LogP contribution in [0.1, 0.15) is 84.3 Å². The van der Waals surface area contributed by atoms with Crippen molar-refractivity contribution in [1.82, 2.24) is 36.0 Å². The molecule has 0 radical (unpaired) electrons. The quantitative estimate of drug-likeness (QED) is 0.263. The van der Waals surface area contributed by atoms with Gasteiger partial charge in [0.25, 0.3) is 17.4 Å². The van der Waals surface area contributed by atoms with Crippen LogP contribution >= 0.6 is 0 Å². The Morgan fingerprint density at radius 2 is 1.66 bits per heavy atom. The van der Waals surface area contributed by atoms with Crippen LogP contribution in [0.15, 0.2) is 57.7 Å². The molecule has 3 atom stereocenters. The lowest BCUT2D eigenvalue weighted by Gasteiger charge is -2.24. The number of aryl methyl sites for hydroxylation is 2. The maximum atomic E-state index is 13.7. The normalized spacial score (nSPS) is 19.6. The smallest absolute Gasteiger partial charge is 0.279 e. The molecule has 0 saturated heterocycles. The Bertz CT molecular complexity index is 1880. The van der Waals surface area contributed by atoms with Crippen LogP contribution in [0.3, 0.4) is 0 Å². The third kappa shape index (κ3) is 7.24. The van der Waals surface area contributed by atoms with E-state index in [4.69, 9.17) is 4.42 Å². The molecule has 2 bridgehead atoms. The Balaban J connectivity index is 1.38. The van der Waals surface area contributed by atoms with Gasteiger partial charge in [-0.05, 0) is 76.3 Å². The number of hydrogen-bond acceptors (Lipinski definition) is 8. The molecular weight excluding hydrogens is 602 g/mol. The van der Waals surface area contributed by atoms with E-state index in [1.54, 1.807) is 50.2 Å². The SMILES string of the molecule is Cc1oc2nc1C(=O)N[C@H](C)C(=O)NCCCC[C@H](NC(=O)c1ccc(-n3nc(C)c4ccccc4c3=O)cc1)C(=O)N[C@H]2C(C)C. The van der Waals surface area contributed by atoms with Gasteiger partial charge in [-0.15, -0.1) is 0 Å². The number of nitrogens with one attached hydrogen (secondary N) is 4. The highest BCUT2D eigenvalue weighted by Crippen LogP contribution is 2.24. The minimum atomic E-state index is -0.919. The van der Waals surface area contributed by atoms with Crippen molar-refractivity contribution >= 4 is 34.4 Å². The van der Waals surface area contributed by atoms with Crippen LogP contribution in [0.5, 0.6) is 0 Å². The summed E-state index contributed by atoms with van der Waals surface area (Å²) in [6.07, 6.45) is 1.36. The molecule has 47 heavy (non-hydrogen) atoms. The Morgan fingerprint density at radius 3 is 2.36 bits per heavy atom. The number of fused-ring (bicyclic) bond motifs is 3. The van der Waals surface area contributed by atoms with E-state index in [-0.39, 0.29) is 34.7 Å². The molecule has 4 N–H and O–H groups in total. The Morgan fingerprint density at radius 1 is 0.957 bits per heavy atom. The molecule has 0 unspecified atom stereocenters. The molecule has 0 fully saturated rings. The van der Waals surface area contributed by atoms with Gasteiger partial charge in [-0.1, -0.05) is 32.0 Å². The topological polar surface area (TPSA) is 177 Å². The van der Waals surface area contributed by atoms with E-state index in [1.807, 2.05) is 32.9 Å². The first kappa shape index (κ1) is 33.0. The highest BCUT2D eigenvalue weighted by atomic mass is 16.4. The maximum Gasteiger partial charge on any atom is 0.279 e. The number of aromatic nitrogens is 3. The maximum absolute atomic E-state index is 13.7. The van der Waals surface area contributed by atoms with Gasteiger partial charge in [0.2, 0.25) is 17.7 Å². The minimum absolute atomic E-state index is 0.0243. The number of nitrogens with zero attached hydrogens (tertiary/aromatic N) is 3. The average molecular weight is 642 g/mol. The van der Waals surface area contributed by atoms with E-state index >= 15 is 0 Å². The third-order valence-electron chi connectivity index (χ3n) is 8.20. The molecule has 0 aliphatic carbocycles. The summed E-state index contributed by atoms with van der Waals surface area (Å²) in [6, 6.07) is 11.3. The zero-order chi connectivity index (χ0) is 33.8. The van der Waals surface area contributed by atoms with Crippen molar-refractivity contribution in [2.75, 3.05) is 6.54 Å². The van der Waals surface area contributed by atoms with Crippen LogP contribution in [0.25, 0.3) is 16.5 Å². The predicted octanol–water partition coefficient (Wildman–Crippen LogP) is 3.02. The second kappa shape index (κ2) is 14.0. The van der Waals surface area contributed by atoms with Gasteiger partial charge in [0.15, 0.2) is 5.69 Å². The van der Waals surface area contributed by atoms with Crippen molar-refractivity contribution in [2.45, 2.75) is 72.0 Å². The van der Waals surface area contributed by atoms with Gasteiger partial charge in [0.05, 0.1) is 16.8 Å². The lowest BCUT2D eigenvalue weighted by Crippen LogP contribution is -2.48. The Hall–Kier alpha value is -5.33. The second-order valence-electron chi connectivity index (χ2n) is 12.1. The summed E-state index contributed by atoms with van der Waals surface area (Å²) < 4.78 is 7.12. The number of carbonyl (C=O) groups excluding carboxylic acids is 4. The fourth-order valence-electron chi connectivity index (χ4n) is 5.48. The first-order chi connectivity index (χ1) is 22.4. The summed E-state index contributed by atoms with van der Waals surface area (Å²) in [5.41, 5.74) is 1.23. The number of oxazole rings is 1. The van der Waals surface area contributed by atoms with Gasteiger partial charge >= 0.3 is 0 Å². The van der Waals surface area contributed by atoms with Crippen molar-refractivity contribution < 1.29 is 23.6 Å². The zero-order valence-corrected chi connectivity index (χ0v) is 27.0. The number of hydrogen-bond donors (Lipinski definition) is 4. The highest BCUT2D eigenvalue weighted by molar-refractivity contribution is 5.98. The molecule has 1 aliphatic heterocycles. The van der Waals surface area contributed by atoms with E-state index in [9.17, 15) is 24.0 Å². The van der Waals surface area contributed by atoms with E-state index in [0.717, 1.165) is 5.39 Å². The molecule has 3 heterocycles. The summed E-state index contributed by atoms with van der Waals surface area (Å²) in [5.74, 6) is -1.61. The molecule has 0 saturated carbocycles. The fourth-order valence-corrected chi connectivity index (χ4v) is 5.48. The minimum Gasteiger partial charge on any atom is -0.443 e. The molecule has 2 aromatic carbocycles. The van der Waals surface area contributed by atoms with Crippen molar-refractivity contribution in [3.05, 3.63) is 87.5 Å². The van der Waals surface area contributed by atoms with Crippen molar-refractivity contribution in [3.8, 4) is 5.69 Å². The standard InChI is InChI=1S/C34H39N7O6/c1-18(2)27-33-39-28(21(5)47-33)32(45)36-20(4)29(42)35-17-9-8-12-26(31(44)38-27)37-30(43)22-13-15-23(16-14-22)41-34(46)25-11-7-6-10-24(25)19(3)40-41/h6-7,10-11,13-16,18,20,26-27H,8-9,12,17H2,1-5H3,(H,35,42)(H,36,45)(H,37,43)(H,38,44)/t20-,26+,27+/m1/s1. The lowest BCUT2D eigenvalue weighted by molar-refractivity contribution is -0.124. The van der Waals surface area contributed by atoms with Crippen molar-refractivity contribution in [2.24, 2.45) is 5.92 Å². The van der Waals surface area contributed by atoms with Crippen LogP contribution in [0.2, 0.25) is 0 Å². The molecule has 13 heteroatoms. The molecule has 4 amide bonds. The summed E-state index contributed by atoms with van der Waals surface area (Å²) >= 11 is 0. The summed E-state index contributed by atoms with van der Waals surface area (Å²) in [4.78, 5) is 70.0. The molecular formula is C34H39N7O6. The predicted molar refractivity (Wildman–Crippen MR) is 174 cm³/mol. The van der Waals surface area contributed by atoms with E-state index in [0.29, 0.717) is 48.1 Å². The van der Waals surface area contributed by atoms with Gasteiger partial charge < -0.3 is 25.7 Å². The van der Waals surface area contributed by atoms with E-state index < -0.39 is 35.8 Å². The van der Waals surface area contributed by atoms with Crippen LogP contribution in [0, 0.1) is 19.8 Å². The van der Waals surface area contributed by atoms with Gasteiger partial charge in [-0.2, -0.15) is 9.78 Å². The molecule has 1 aliphatic rings. The van der Waals surface area contributed by atoms with Crippen LogP contribution < -0.4 is 26.8 Å². The van der Waals surface area contributed by atoms with Gasteiger partial charge in [0.1, 0.15) is 23.9 Å². The van der Waals surface area contributed by atoms with Gasteiger partial charge in [-0.25, -0.2) is 4.98 Å². The first-order valence-electron chi connectivity index (χ1n) is 15.7. The molecule has 246 valence electrons. The van der Waals surface area contributed by atoms with E-state index in [2.05, 4.69) is 31.3 Å². The molecule has 4 aromatic rings. The lowest BCUT2D eigenvalue weighted by atomic mass is 10.0. The van der Waals surface area contributed by atoms with Gasteiger partial charge in [-0.3, -0.25) is 24.0 Å². The summed E-state index contributed by atoms with van der Waals surface area (Å²) in [6.45, 7) is 9.08. The van der Waals surface area contributed by atoms with Gasteiger partial charge in [0, 0.05) is 17.5 Å². The van der Waals surface area contributed by atoms with Crippen LogP contribution in [-0.4, -0.2) is 57.0 Å². The molecule has 0 spiro atoms. The third-order valence-corrected chi connectivity index (χ3v) is 8.20. The number of carbonyl (C=O) groups is 4. The highest BCUT2D eigenvalue weighted by Gasteiger charge is 2.31. The van der Waals surface area contributed by atoms with Crippen LogP contribution in [-0.2, 0) is 9.59 Å². The number of benzene rings is 2. The van der Waals surface area contributed by atoms with E-state index in [1.165, 1.54) is 4.68 Å². The Labute approximate surface area is 271 Å². The van der Waals surface area contributed by atoms with Crippen LogP contribution in [0.4, 0.5) is 0 Å².